The first-order valence-corrected chi connectivity index (χ1v) is 7.81. The molecule has 0 saturated carbocycles. The van der Waals surface area contributed by atoms with Gasteiger partial charge in [-0.05, 0) is 36.2 Å². The Bertz CT molecular complexity index is 855. The van der Waals surface area contributed by atoms with Gasteiger partial charge in [-0.3, -0.25) is 25.0 Å². The predicted octanol–water partition coefficient (Wildman–Crippen LogP) is 1.90. The van der Waals surface area contributed by atoms with Gasteiger partial charge in [0.05, 0.1) is 5.56 Å². The number of imidazole rings is 1. The lowest BCUT2D eigenvalue weighted by Gasteiger charge is -2.08. The summed E-state index contributed by atoms with van der Waals surface area (Å²) in [5, 5.41) is 0. The van der Waals surface area contributed by atoms with Crippen molar-refractivity contribution in [3.8, 4) is 5.82 Å². The zero-order chi connectivity index (χ0) is 17.6. The highest BCUT2D eigenvalue weighted by Crippen LogP contribution is 2.06. The Morgan fingerprint density at radius 1 is 1.00 bits per heavy atom. The first kappa shape index (κ1) is 16.4. The van der Waals surface area contributed by atoms with E-state index in [1.54, 1.807) is 47.6 Å². The number of carbonyl (C=O) groups excluding carboxylic acids is 2. The van der Waals surface area contributed by atoms with Crippen molar-refractivity contribution in [2.75, 3.05) is 0 Å². The SMILES string of the molecule is CCc1ccc(C(=O)NNC(=O)c2ccc(-n3ccnc3)nc2)cc1. The molecule has 2 N–H and O–H groups in total. The fraction of sp³-hybridized carbons (Fsp3) is 0.111. The van der Waals surface area contributed by atoms with Crippen LogP contribution < -0.4 is 10.9 Å². The van der Waals surface area contributed by atoms with Crippen molar-refractivity contribution in [2.24, 2.45) is 0 Å². The fourth-order valence-electron chi connectivity index (χ4n) is 2.22. The summed E-state index contributed by atoms with van der Waals surface area (Å²) in [6.45, 7) is 2.04. The van der Waals surface area contributed by atoms with Crippen LogP contribution in [0.3, 0.4) is 0 Å². The molecular weight excluding hydrogens is 318 g/mol. The maximum atomic E-state index is 12.1. The van der Waals surface area contributed by atoms with Crippen LogP contribution in [-0.4, -0.2) is 26.3 Å². The smallest absolute Gasteiger partial charge is 0.271 e. The van der Waals surface area contributed by atoms with Gasteiger partial charge in [0.2, 0.25) is 0 Å². The molecule has 0 spiro atoms. The van der Waals surface area contributed by atoms with Gasteiger partial charge in [0.1, 0.15) is 12.1 Å². The molecule has 0 aliphatic carbocycles. The minimum absolute atomic E-state index is 0.338. The van der Waals surface area contributed by atoms with Crippen molar-refractivity contribution in [3.05, 3.63) is 78.0 Å². The van der Waals surface area contributed by atoms with Gasteiger partial charge >= 0.3 is 0 Å². The van der Waals surface area contributed by atoms with Crippen LogP contribution in [0.25, 0.3) is 5.82 Å². The summed E-state index contributed by atoms with van der Waals surface area (Å²) < 4.78 is 1.73. The van der Waals surface area contributed by atoms with Crippen molar-refractivity contribution in [1.29, 1.82) is 0 Å². The summed E-state index contributed by atoms with van der Waals surface area (Å²) in [4.78, 5) is 32.3. The Balaban J connectivity index is 1.59. The first-order chi connectivity index (χ1) is 12.2. The van der Waals surface area contributed by atoms with Gasteiger partial charge < -0.3 is 0 Å². The van der Waals surface area contributed by atoms with E-state index >= 15 is 0 Å². The van der Waals surface area contributed by atoms with Gasteiger partial charge in [0.25, 0.3) is 11.8 Å². The molecule has 0 bridgehead atoms. The second kappa shape index (κ2) is 7.39. The molecule has 1 aromatic carbocycles. The number of rotatable bonds is 4. The minimum Gasteiger partial charge on any atom is -0.291 e. The zero-order valence-electron chi connectivity index (χ0n) is 13.6. The van der Waals surface area contributed by atoms with E-state index in [-0.39, 0.29) is 5.91 Å². The lowest BCUT2D eigenvalue weighted by atomic mass is 10.1. The lowest BCUT2D eigenvalue weighted by Crippen LogP contribution is -2.41. The van der Waals surface area contributed by atoms with Crippen molar-refractivity contribution in [2.45, 2.75) is 13.3 Å². The van der Waals surface area contributed by atoms with E-state index in [2.05, 4.69) is 20.8 Å². The second-order valence-corrected chi connectivity index (χ2v) is 5.33. The molecule has 7 heteroatoms. The number of carbonyl (C=O) groups is 2. The van der Waals surface area contributed by atoms with Gasteiger partial charge in [-0.25, -0.2) is 9.97 Å². The molecule has 0 atom stereocenters. The summed E-state index contributed by atoms with van der Waals surface area (Å²) in [6, 6.07) is 10.5. The standard InChI is InChI=1S/C18H17N5O2/c1-2-13-3-5-14(6-4-13)17(24)21-22-18(25)15-7-8-16(20-11-15)23-10-9-19-12-23/h3-12H,2H2,1H3,(H,21,24)(H,22,25). The highest BCUT2D eigenvalue weighted by Gasteiger charge is 2.10. The molecule has 7 nitrogen and oxygen atoms in total. The van der Waals surface area contributed by atoms with Crippen LogP contribution in [0, 0.1) is 0 Å². The van der Waals surface area contributed by atoms with E-state index in [9.17, 15) is 9.59 Å². The average Bonchev–Trinajstić information content (AvgIpc) is 3.21. The van der Waals surface area contributed by atoms with Gasteiger partial charge in [-0.15, -0.1) is 0 Å². The molecule has 2 heterocycles. The maximum absolute atomic E-state index is 12.1. The van der Waals surface area contributed by atoms with E-state index < -0.39 is 5.91 Å². The fourth-order valence-corrected chi connectivity index (χ4v) is 2.22. The molecule has 3 aromatic rings. The Kier molecular flexibility index (Phi) is 4.84. The van der Waals surface area contributed by atoms with Crippen LogP contribution in [0.4, 0.5) is 0 Å². The average molecular weight is 335 g/mol. The van der Waals surface area contributed by atoms with Gasteiger partial charge in [0, 0.05) is 24.2 Å². The van der Waals surface area contributed by atoms with Crippen LogP contribution in [0.1, 0.15) is 33.2 Å². The van der Waals surface area contributed by atoms with E-state index in [0.29, 0.717) is 16.9 Å². The molecule has 0 fully saturated rings. The number of hydrogen-bond acceptors (Lipinski definition) is 4. The van der Waals surface area contributed by atoms with Gasteiger partial charge in [-0.2, -0.15) is 0 Å². The quantitative estimate of drug-likeness (QED) is 0.713. The van der Waals surface area contributed by atoms with Crippen molar-refractivity contribution >= 4 is 11.8 Å². The zero-order valence-corrected chi connectivity index (χ0v) is 13.6. The molecule has 0 unspecified atom stereocenters. The molecule has 0 saturated heterocycles. The van der Waals surface area contributed by atoms with E-state index in [0.717, 1.165) is 12.0 Å². The molecule has 2 amide bonds. The number of hydrogen-bond donors (Lipinski definition) is 2. The van der Waals surface area contributed by atoms with Crippen molar-refractivity contribution in [1.82, 2.24) is 25.4 Å². The number of aromatic nitrogens is 3. The molecule has 3 rings (SSSR count). The molecule has 0 aliphatic heterocycles. The minimum atomic E-state index is -0.441. The summed E-state index contributed by atoms with van der Waals surface area (Å²) >= 11 is 0. The normalized spacial score (nSPS) is 10.3. The predicted molar refractivity (Wildman–Crippen MR) is 92.1 cm³/mol. The third kappa shape index (κ3) is 3.89. The monoisotopic (exact) mass is 335 g/mol. The highest BCUT2D eigenvalue weighted by molar-refractivity contribution is 5.98. The number of hydrazine groups is 1. The largest absolute Gasteiger partial charge is 0.291 e. The summed E-state index contributed by atoms with van der Waals surface area (Å²) in [5.41, 5.74) is 6.74. The molecule has 25 heavy (non-hydrogen) atoms. The van der Waals surface area contributed by atoms with Crippen LogP contribution in [-0.2, 0) is 6.42 Å². The number of benzene rings is 1. The Morgan fingerprint density at radius 3 is 2.24 bits per heavy atom. The Morgan fingerprint density at radius 2 is 1.68 bits per heavy atom. The number of amides is 2. The van der Waals surface area contributed by atoms with Crippen LogP contribution in [0.5, 0.6) is 0 Å². The summed E-state index contributed by atoms with van der Waals surface area (Å²) in [6.07, 6.45) is 7.36. The first-order valence-electron chi connectivity index (χ1n) is 7.81. The van der Waals surface area contributed by atoms with Crippen molar-refractivity contribution in [3.63, 3.8) is 0 Å². The molecular formula is C18H17N5O2. The second-order valence-electron chi connectivity index (χ2n) is 5.33. The summed E-state index contributed by atoms with van der Waals surface area (Å²) in [5.74, 6) is -0.170. The van der Waals surface area contributed by atoms with Crippen molar-refractivity contribution < 1.29 is 9.59 Å². The van der Waals surface area contributed by atoms with Gasteiger partial charge in [0.15, 0.2) is 0 Å². The van der Waals surface area contributed by atoms with E-state index in [4.69, 9.17) is 0 Å². The Hall–Kier alpha value is -3.48. The van der Waals surface area contributed by atoms with Gasteiger partial charge in [-0.1, -0.05) is 19.1 Å². The molecule has 0 aliphatic rings. The third-order valence-electron chi connectivity index (χ3n) is 3.69. The molecule has 2 aromatic heterocycles. The molecule has 0 radical (unpaired) electrons. The van der Waals surface area contributed by atoms with E-state index in [1.165, 1.54) is 6.20 Å². The lowest BCUT2D eigenvalue weighted by molar-refractivity contribution is 0.0846. The van der Waals surface area contributed by atoms with Crippen LogP contribution in [0.2, 0.25) is 0 Å². The van der Waals surface area contributed by atoms with Crippen LogP contribution >= 0.6 is 0 Å². The highest BCUT2D eigenvalue weighted by atomic mass is 16.2. The topological polar surface area (TPSA) is 88.9 Å². The maximum Gasteiger partial charge on any atom is 0.271 e. The number of aryl methyl sites for hydroxylation is 1. The Labute approximate surface area is 144 Å². The number of nitrogens with zero attached hydrogens (tertiary/aromatic N) is 3. The number of nitrogens with one attached hydrogen (secondary N) is 2. The summed E-state index contributed by atoms with van der Waals surface area (Å²) in [7, 11) is 0. The van der Waals surface area contributed by atoms with E-state index in [1.807, 2.05) is 19.1 Å². The molecule has 126 valence electrons. The third-order valence-corrected chi connectivity index (χ3v) is 3.69. The number of pyridine rings is 1. The van der Waals surface area contributed by atoms with Crippen LogP contribution in [0.15, 0.2) is 61.3 Å².